The molecule has 2 heterocycles. The molecule has 2 amide bonds. The molecule has 7 nitrogen and oxygen atoms in total. The van der Waals surface area contributed by atoms with E-state index in [0.29, 0.717) is 5.69 Å². The Hall–Kier alpha value is -2.23. The quantitative estimate of drug-likeness (QED) is 0.568. The van der Waals surface area contributed by atoms with Crippen molar-refractivity contribution in [2.45, 2.75) is 6.10 Å². The lowest BCUT2D eigenvalue weighted by Crippen LogP contribution is -2.36. The van der Waals surface area contributed by atoms with Gasteiger partial charge < -0.3 is 15.4 Å². The maximum absolute atomic E-state index is 12.2. The molecule has 9 heteroatoms. The van der Waals surface area contributed by atoms with Gasteiger partial charge in [0.15, 0.2) is 6.10 Å². The fourth-order valence-corrected chi connectivity index (χ4v) is 3.80. The second-order valence-corrected chi connectivity index (χ2v) is 7.69. The van der Waals surface area contributed by atoms with Crippen LogP contribution < -0.4 is 10.6 Å². The lowest BCUT2D eigenvalue weighted by molar-refractivity contribution is -0.132. The summed E-state index contributed by atoms with van der Waals surface area (Å²) < 4.78 is 6.14. The number of rotatable bonds is 6. The summed E-state index contributed by atoms with van der Waals surface area (Å²) >= 11 is 4.76. The summed E-state index contributed by atoms with van der Waals surface area (Å²) in [5.41, 5.74) is 1.45. The summed E-state index contributed by atoms with van der Waals surface area (Å²) in [6.45, 7) is -0.147. The highest BCUT2D eigenvalue weighted by atomic mass is 79.9. The maximum atomic E-state index is 12.2. The molecule has 25 heavy (non-hydrogen) atoms. The summed E-state index contributed by atoms with van der Waals surface area (Å²) in [6, 6.07) is 9.06. The number of ether oxygens (including phenoxy) is 1. The van der Waals surface area contributed by atoms with Crippen molar-refractivity contribution < 1.29 is 14.3 Å². The van der Waals surface area contributed by atoms with Crippen LogP contribution in [0.3, 0.4) is 0 Å². The molecule has 0 saturated carbocycles. The Labute approximate surface area is 155 Å². The van der Waals surface area contributed by atoms with Gasteiger partial charge in [0.1, 0.15) is 0 Å². The molecule has 0 fully saturated rings. The number of nitrogens with one attached hydrogen (secondary N) is 3. The van der Waals surface area contributed by atoms with E-state index in [9.17, 15) is 9.59 Å². The van der Waals surface area contributed by atoms with Crippen LogP contribution in [-0.4, -0.2) is 35.7 Å². The van der Waals surface area contributed by atoms with Gasteiger partial charge >= 0.3 is 0 Å². The van der Waals surface area contributed by atoms with Crippen molar-refractivity contribution in [3.05, 3.63) is 45.2 Å². The number of nitrogens with zero attached hydrogens (tertiary/aromatic N) is 1. The van der Waals surface area contributed by atoms with E-state index < -0.39 is 6.10 Å². The third kappa shape index (κ3) is 4.25. The molecule has 0 bridgehead atoms. The molecule has 0 saturated heterocycles. The van der Waals surface area contributed by atoms with Crippen LogP contribution >= 0.6 is 27.3 Å². The number of thiophene rings is 1. The van der Waals surface area contributed by atoms with Crippen LogP contribution in [0, 0.1) is 0 Å². The van der Waals surface area contributed by atoms with Gasteiger partial charge in [0.2, 0.25) is 5.91 Å². The van der Waals surface area contributed by atoms with E-state index in [1.54, 1.807) is 18.3 Å². The number of halogens is 1. The minimum absolute atomic E-state index is 0.147. The minimum Gasteiger partial charge on any atom is -0.366 e. The van der Waals surface area contributed by atoms with Crippen LogP contribution in [0.1, 0.15) is 11.0 Å². The van der Waals surface area contributed by atoms with E-state index in [0.717, 1.165) is 19.6 Å². The minimum atomic E-state index is -0.745. The summed E-state index contributed by atoms with van der Waals surface area (Å²) in [6.07, 6.45) is 0.958. The summed E-state index contributed by atoms with van der Waals surface area (Å²) in [7, 11) is 1.46. The molecule has 0 spiro atoms. The Morgan fingerprint density at radius 3 is 2.92 bits per heavy atom. The second kappa shape index (κ2) is 7.77. The van der Waals surface area contributed by atoms with Crippen LogP contribution in [0.25, 0.3) is 10.9 Å². The molecule has 3 aromatic rings. The monoisotopic (exact) mass is 422 g/mol. The van der Waals surface area contributed by atoms with Gasteiger partial charge in [0, 0.05) is 23.1 Å². The van der Waals surface area contributed by atoms with Crippen molar-refractivity contribution in [1.29, 1.82) is 0 Å². The van der Waals surface area contributed by atoms with Crippen LogP contribution in [-0.2, 0) is 14.3 Å². The topological polar surface area (TPSA) is 96.1 Å². The number of hydrogen-bond acceptors (Lipinski definition) is 5. The van der Waals surface area contributed by atoms with Crippen molar-refractivity contribution in [1.82, 2.24) is 15.5 Å². The van der Waals surface area contributed by atoms with Gasteiger partial charge in [-0.1, -0.05) is 0 Å². The number of carbonyl (C=O) groups excluding carboxylic acids is 2. The molecular weight excluding hydrogens is 408 g/mol. The Morgan fingerprint density at radius 2 is 2.20 bits per heavy atom. The van der Waals surface area contributed by atoms with Crippen molar-refractivity contribution >= 4 is 55.7 Å². The number of amides is 2. The molecule has 0 aliphatic carbocycles. The van der Waals surface area contributed by atoms with Gasteiger partial charge in [-0.05, 0) is 46.3 Å². The zero-order chi connectivity index (χ0) is 17.8. The molecule has 130 valence electrons. The molecule has 1 aromatic carbocycles. The zero-order valence-corrected chi connectivity index (χ0v) is 15.6. The van der Waals surface area contributed by atoms with Gasteiger partial charge in [-0.2, -0.15) is 5.10 Å². The van der Waals surface area contributed by atoms with E-state index in [2.05, 4.69) is 36.8 Å². The number of aromatic nitrogens is 2. The van der Waals surface area contributed by atoms with Crippen LogP contribution in [0.5, 0.6) is 0 Å². The van der Waals surface area contributed by atoms with Gasteiger partial charge in [-0.3, -0.25) is 14.7 Å². The van der Waals surface area contributed by atoms with Crippen LogP contribution in [0.4, 0.5) is 5.69 Å². The molecular formula is C16H15BrN4O3S. The molecule has 0 aliphatic rings. The summed E-state index contributed by atoms with van der Waals surface area (Å²) in [5, 5.41) is 13.0. The third-order valence-electron chi connectivity index (χ3n) is 3.48. The number of H-pyrrole nitrogens is 1. The van der Waals surface area contributed by atoms with Crippen molar-refractivity contribution in [2.75, 3.05) is 19.0 Å². The average Bonchev–Trinajstić information content (AvgIpc) is 3.22. The van der Waals surface area contributed by atoms with E-state index in [4.69, 9.17) is 4.74 Å². The fraction of sp³-hybridized carbons (Fsp3) is 0.188. The molecule has 3 N–H and O–H groups in total. The first-order chi connectivity index (χ1) is 12.1. The normalized spacial score (nSPS) is 12.1. The van der Waals surface area contributed by atoms with Gasteiger partial charge in [0.25, 0.3) is 5.91 Å². The van der Waals surface area contributed by atoms with Crippen molar-refractivity contribution in [2.24, 2.45) is 0 Å². The number of benzene rings is 1. The lowest BCUT2D eigenvalue weighted by atomic mass is 10.2. The maximum Gasteiger partial charge on any atom is 0.255 e. The van der Waals surface area contributed by atoms with E-state index >= 15 is 0 Å². The Bertz CT molecular complexity index is 908. The predicted octanol–water partition coefficient (Wildman–Crippen LogP) is 2.83. The van der Waals surface area contributed by atoms with Crippen molar-refractivity contribution in [3.63, 3.8) is 0 Å². The molecule has 0 aliphatic heterocycles. The highest BCUT2D eigenvalue weighted by Crippen LogP contribution is 2.29. The lowest BCUT2D eigenvalue weighted by Gasteiger charge is -2.13. The van der Waals surface area contributed by atoms with Gasteiger partial charge in [-0.25, -0.2) is 0 Å². The number of aromatic amines is 1. The molecule has 1 unspecified atom stereocenters. The third-order valence-corrected chi connectivity index (χ3v) is 5.14. The van der Waals surface area contributed by atoms with E-state index in [1.807, 2.05) is 18.2 Å². The average molecular weight is 423 g/mol. The molecule has 3 rings (SSSR count). The Kier molecular flexibility index (Phi) is 5.47. The number of anilines is 1. The predicted molar refractivity (Wildman–Crippen MR) is 99.5 cm³/mol. The first-order valence-corrected chi connectivity index (χ1v) is 8.96. The summed E-state index contributed by atoms with van der Waals surface area (Å²) in [4.78, 5) is 25.0. The smallest absolute Gasteiger partial charge is 0.255 e. The molecule has 0 radical (unpaired) electrons. The van der Waals surface area contributed by atoms with Gasteiger partial charge in [0.05, 0.1) is 22.0 Å². The van der Waals surface area contributed by atoms with E-state index in [-0.39, 0.29) is 18.4 Å². The molecule has 1 atom stereocenters. The number of methoxy groups -OCH3 is 1. The summed E-state index contributed by atoms with van der Waals surface area (Å²) in [5.74, 6) is -0.689. The van der Waals surface area contributed by atoms with Gasteiger partial charge in [-0.15, -0.1) is 11.3 Å². The second-order valence-electron chi connectivity index (χ2n) is 5.20. The first-order valence-electron chi connectivity index (χ1n) is 7.35. The standard InChI is InChI=1S/C16H15BrN4O3S/c1-24-15(12-4-5-13(17)25-12)16(23)18-8-14(22)20-10-3-2-9-7-19-21-11(9)6-10/h2-7,15H,8H2,1H3,(H,18,23)(H,19,21)(H,20,22). The number of carbonyl (C=O) groups is 2. The highest BCUT2D eigenvalue weighted by molar-refractivity contribution is 9.11. The number of fused-ring (bicyclic) bond motifs is 1. The Morgan fingerprint density at radius 1 is 1.36 bits per heavy atom. The largest absolute Gasteiger partial charge is 0.366 e. The van der Waals surface area contributed by atoms with E-state index in [1.165, 1.54) is 18.4 Å². The fourth-order valence-electron chi connectivity index (χ4n) is 2.30. The molecule has 2 aromatic heterocycles. The van der Waals surface area contributed by atoms with Crippen LogP contribution in [0.2, 0.25) is 0 Å². The van der Waals surface area contributed by atoms with Crippen molar-refractivity contribution in [3.8, 4) is 0 Å². The SMILES string of the molecule is COC(C(=O)NCC(=O)Nc1ccc2cn[nH]c2c1)c1ccc(Br)s1. The Balaban J connectivity index is 1.56. The first kappa shape index (κ1) is 17.6. The number of hydrogen-bond donors (Lipinski definition) is 3. The van der Waals surface area contributed by atoms with Crippen LogP contribution in [0.15, 0.2) is 40.3 Å². The highest BCUT2D eigenvalue weighted by Gasteiger charge is 2.22. The zero-order valence-electron chi connectivity index (χ0n) is 13.2.